The van der Waals surface area contributed by atoms with E-state index in [9.17, 15) is 0 Å². The summed E-state index contributed by atoms with van der Waals surface area (Å²) in [5.74, 6) is 0.878. The van der Waals surface area contributed by atoms with Gasteiger partial charge < -0.3 is 4.74 Å². The lowest BCUT2D eigenvalue weighted by atomic mass is 10.1. The van der Waals surface area contributed by atoms with E-state index in [0.717, 1.165) is 17.0 Å². The van der Waals surface area contributed by atoms with Crippen molar-refractivity contribution in [2.45, 2.75) is 31.7 Å². The van der Waals surface area contributed by atoms with Crippen LogP contribution in [0.1, 0.15) is 31.7 Å². The van der Waals surface area contributed by atoms with E-state index in [0.29, 0.717) is 6.04 Å². The Balaban J connectivity index is 1.86. The zero-order valence-corrected chi connectivity index (χ0v) is 12.8. The number of hydrogen-bond donors (Lipinski definition) is 0. The Kier molecular flexibility index (Phi) is 3.34. The summed E-state index contributed by atoms with van der Waals surface area (Å²) < 4.78 is 7.51. The highest BCUT2D eigenvalue weighted by molar-refractivity contribution is 5.93. The Morgan fingerprint density at radius 2 is 1.73 bits per heavy atom. The molecule has 1 aliphatic carbocycles. The third-order valence-electron chi connectivity index (χ3n) is 4.65. The number of para-hydroxylation sites is 1. The molecule has 1 saturated carbocycles. The molecule has 1 heterocycles. The maximum atomic E-state index is 5.25. The molecule has 0 radical (unpaired) electrons. The van der Waals surface area contributed by atoms with Crippen LogP contribution in [0.5, 0.6) is 5.75 Å². The number of rotatable bonds is 3. The van der Waals surface area contributed by atoms with Gasteiger partial charge in [-0.3, -0.25) is 4.68 Å². The van der Waals surface area contributed by atoms with Gasteiger partial charge in [-0.05, 0) is 43.2 Å². The van der Waals surface area contributed by atoms with Crippen molar-refractivity contribution in [1.29, 1.82) is 0 Å². The van der Waals surface area contributed by atoms with E-state index in [2.05, 4.69) is 41.1 Å². The Hall–Kier alpha value is -2.29. The Morgan fingerprint density at radius 3 is 2.45 bits per heavy atom. The Morgan fingerprint density at radius 1 is 1.00 bits per heavy atom. The van der Waals surface area contributed by atoms with Crippen molar-refractivity contribution in [1.82, 2.24) is 9.78 Å². The second kappa shape index (κ2) is 5.48. The molecule has 3 heteroatoms. The van der Waals surface area contributed by atoms with Crippen LogP contribution < -0.4 is 4.74 Å². The van der Waals surface area contributed by atoms with Gasteiger partial charge >= 0.3 is 0 Å². The number of hydrogen-bond acceptors (Lipinski definition) is 2. The van der Waals surface area contributed by atoms with E-state index in [-0.39, 0.29) is 0 Å². The van der Waals surface area contributed by atoms with Crippen molar-refractivity contribution in [3.8, 4) is 17.0 Å². The molecule has 1 aromatic heterocycles. The average Bonchev–Trinajstić information content (AvgIpc) is 3.22. The molecule has 0 unspecified atom stereocenters. The van der Waals surface area contributed by atoms with Gasteiger partial charge in [0.05, 0.1) is 18.7 Å². The monoisotopic (exact) mass is 292 g/mol. The molecule has 3 aromatic rings. The SMILES string of the molecule is COc1ccc(-c2nn(C3CCCC3)c3ccccc23)cc1. The summed E-state index contributed by atoms with van der Waals surface area (Å²) in [5.41, 5.74) is 3.47. The second-order valence-electron chi connectivity index (χ2n) is 5.98. The Labute approximate surface area is 130 Å². The molecule has 0 N–H and O–H groups in total. The van der Waals surface area contributed by atoms with Gasteiger partial charge in [-0.15, -0.1) is 0 Å². The van der Waals surface area contributed by atoms with Crippen LogP contribution in [0.3, 0.4) is 0 Å². The number of fused-ring (bicyclic) bond motifs is 1. The molecule has 0 spiro atoms. The lowest BCUT2D eigenvalue weighted by Gasteiger charge is -2.10. The van der Waals surface area contributed by atoms with Gasteiger partial charge in [-0.25, -0.2) is 0 Å². The minimum atomic E-state index is 0.553. The van der Waals surface area contributed by atoms with Gasteiger partial charge in [-0.2, -0.15) is 5.10 Å². The molecule has 0 saturated heterocycles. The first-order valence-electron chi connectivity index (χ1n) is 7.98. The maximum Gasteiger partial charge on any atom is 0.118 e. The van der Waals surface area contributed by atoms with Crippen LogP contribution in [-0.4, -0.2) is 16.9 Å². The first-order chi connectivity index (χ1) is 10.9. The minimum Gasteiger partial charge on any atom is -0.497 e. The third-order valence-corrected chi connectivity index (χ3v) is 4.65. The number of nitrogens with zero attached hydrogens (tertiary/aromatic N) is 2. The van der Waals surface area contributed by atoms with E-state index in [1.807, 2.05) is 12.1 Å². The lowest BCUT2D eigenvalue weighted by Crippen LogP contribution is -2.06. The van der Waals surface area contributed by atoms with E-state index in [1.165, 1.54) is 36.6 Å². The van der Waals surface area contributed by atoms with Crippen LogP contribution in [-0.2, 0) is 0 Å². The van der Waals surface area contributed by atoms with Crippen LogP contribution in [0, 0.1) is 0 Å². The van der Waals surface area contributed by atoms with Gasteiger partial charge in [0.2, 0.25) is 0 Å². The minimum absolute atomic E-state index is 0.553. The summed E-state index contributed by atoms with van der Waals surface area (Å²) in [7, 11) is 1.69. The normalized spacial score (nSPS) is 15.5. The highest BCUT2D eigenvalue weighted by Gasteiger charge is 2.21. The molecule has 1 aliphatic rings. The van der Waals surface area contributed by atoms with E-state index in [4.69, 9.17) is 9.84 Å². The van der Waals surface area contributed by atoms with Crippen LogP contribution in [0.25, 0.3) is 22.2 Å². The molecule has 1 fully saturated rings. The highest BCUT2D eigenvalue weighted by atomic mass is 16.5. The summed E-state index contributed by atoms with van der Waals surface area (Å²) >= 11 is 0. The summed E-state index contributed by atoms with van der Waals surface area (Å²) in [6.07, 6.45) is 5.12. The molecular weight excluding hydrogens is 272 g/mol. The molecule has 0 atom stereocenters. The standard InChI is InChI=1S/C19H20N2O/c1-22-16-12-10-14(11-13-16)19-17-8-4-5-9-18(17)21(20-19)15-6-2-3-7-15/h4-5,8-13,15H,2-3,6-7H2,1H3. The first kappa shape index (κ1) is 13.4. The van der Waals surface area contributed by atoms with Crippen molar-refractivity contribution < 1.29 is 4.74 Å². The van der Waals surface area contributed by atoms with Gasteiger partial charge in [0.25, 0.3) is 0 Å². The average molecular weight is 292 g/mol. The summed E-state index contributed by atoms with van der Waals surface area (Å²) in [5, 5.41) is 6.21. The lowest BCUT2D eigenvalue weighted by molar-refractivity contribution is 0.415. The number of ether oxygens (including phenoxy) is 1. The van der Waals surface area contributed by atoms with Gasteiger partial charge in [0.1, 0.15) is 11.4 Å². The molecule has 112 valence electrons. The fraction of sp³-hybridized carbons (Fsp3) is 0.316. The van der Waals surface area contributed by atoms with Crippen LogP contribution in [0.15, 0.2) is 48.5 Å². The van der Waals surface area contributed by atoms with Crippen molar-refractivity contribution >= 4 is 10.9 Å². The van der Waals surface area contributed by atoms with Crippen LogP contribution >= 0.6 is 0 Å². The van der Waals surface area contributed by atoms with Crippen molar-refractivity contribution in [3.05, 3.63) is 48.5 Å². The smallest absolute Gasteiger partial charge is 0.118 e. The van der Waals surface area contributed by atoms with Gasteiger partial charge in [0.15, 0.2) is 0 Å². The molecule has 3 nitrogen and oxygen atoms in total. The molecular formula is C19H20N2O. The van der Waals surface area contributed by atoms with Crippen molar-refractivity contribution in [2.24, 2.45) is 0 Å². The largest absolute Gasteiger partial charge is 0.497 e. The zero-order valence-electron chi connectivity index (χ0n) is 12.8. The fourth-order valence-electron chi connectivity index (χ4n) is 3.48. The molecule has 0 amide bonds. The Bertz CT molecular complexity index is 783. The summed E-state index contributed by atoms with van der Waals surface area (Å²) in [6, 6.07) is 17.3. The first-order valence-corrected chi connectivity index (χ1v) is 7.98. The van der Waals surface area contributed by atoms with Crippen molar-refractivity contribution in [2.75, 3.05) is 7.11 Å². The van der Waals surface area contributed by atoms with Gasteiger partial charge in [-0.1, -0.05) is 31.0 Å². The molecule has 2 aromatic carbocycles. The summed E-state index contributed by atoms with van der Waals surface area (Å²) in [6.45, 7) is 0. The number of methoxy groups -OCH3 is 1. The predicted molar refractivity (Wildman–Crippen MR) is 89.2 cm³/mol. The summed E-state index contributed by atoms with van der Waals surface area (Å²) in [4.78, 5) is 0. The highest BCUT2D eigenvalue weighted by Crippen LogP contribution is 2.35. The predicted octanol–water partition coefficient (Wildman–Crippen LogP) is 4.83. The van der Waals surface area contributed by atoms with Crippen LogP contribution in [0.2, 0.25) is 0 Å². The van der Waals surface area contributed by atoms with Crippen LogP contribution in [0.4, 0.5) is 0 Å². The molecule has 0 aliphatic heterocycles. The topological polar surface area (TPSA) is 27.1 Å². The molecule has 4 rings (SSSR count). The van der Waals surface area contributed by atoms with E-state index >= 15 is 0 Å². The quantitative estimate of drug-likeness (QED) is 0.691. The van der Waals surface area contributed by atoms with E-state index in [1.54, 1.807) is 7.11 Å². The zero-order chi connectivity index (χ0) is 14.9. The maximum absolute atomic E-state index is 5.25. The fourth-order valence-corrected chi connectivity index (χ4v) is 3.48. The van der Waals surface area contributed by atoms with Crippen molar-refractivity contribution in [3.63, 3.8) is 0 Å². The second-order valence-corrected chi connectivity index (χ2v) is 5.98. The number of benzene rings is 2. The number of aromatic nitrogens is 2. The van der Waals surface area contributed by atoms with Gasteiger partial charge in [0, 0.05) is 10.9 Å². The van der Waals surface area contributed by atoms with E-state index < -0.39 is 0 Å². The molecule has 0 bridgehead atoms. The molecule has 22 heavy (non-hydrogen) atoms. The third kappa shape index (κ3) is 2.17.